The second-order valence-corrected chi connectivity index (χ2v) is 11.2. The van der Waals surface area contributed by atoms with Crippen LogP contribution in [0.5, 0.6) is 5.75 Å². The molecule has 0 spiro atoms. The van der Waals surface area contributed by atoms with Crippen LogP contribution in [0.2, 0.25) is 0 Å². The van der Waals surface area contributed by atoms with Gasteiger partial charge < -0.3 is 30.1 Å². The SMILES string of the molecule is CCCN1CCC(COC)COc2cc(F)cc(c2)CC(C(O)CNCc2cccc(CC)c2)NC(=O)CCCC1=O. The van der Waals surface area contributed by atoms with Crippen molar-refractivity contribution >= 4 is 11.8 Å². The van der Waals surface area contributed by atoms with Crippen LogP contribution in [0.1, 0.15) is 62.6 Å². The number of hydrogen-bond donors (Lipinski definition) is 3. The monoisotopic (exact) mass is 585 g/mol. The number of hydrogen-bond acceptors (Lipinski definition) is 6. The number of nitrogens with zero attached hydrogens (tertiary/aromatic N) is 1. The third-order valence-electron chi connectivity index (χ3n) is 7.62. The zero-order valence-electron chi connectivity index (χ0n) is 25.4. The second kappa shape index (κ2) is 17.8. The number of amides is 2. The highest BCUT2D eigenvalue weighted by molar-refractivity contribution is 5.79. The van der Waals surface area contributed by atoms with Gasteiger partial charge in [-0.15, -0.1) is 0 Å². The lowest BCUT2D eigenvalue weighted by molar-refractivity contribution is -0.131. The van der Waals surface area contributed by atoms with Crippen LogP contribution in [0.25, 0.3) is 0 Å². The minimum atomic E-state index is -0.925. The third kappa shape index (κ3) is 11.3. The Balaban J connectivity index is 1.77. The number of nitrogens with one attached hydrogen (secondary N) is 2. The molecule has 3 atom stereocenters. The van der Waals surface area contributed by atoms with Crippen LogP contribution >= 0.6 is 0 Å². The van der Waals surface area contributed by atoms with Gasteiger partial charge in [0.1, 0.15) is 11.6 Å². The maximum absolute atomic E-state index is 14.7. The highest BCUT2D eigenvalue weighted by Crippen LogP contribution is 2.21. The molecular weight excluding hydrogens is 537 g/mol. The van der Waals surface area contributed by atoms with Crippen LogP contribution in [0.4, 0.5) is 4.39 Å². The van der Waals surface area contributed by atoms with Crippen LogP contribution < -0.4 is 15.4 Å². The largest absolute Gasteiger partial charge is 0.493 e. The Morgan fingerprint density at radius 1 is 1.17 bits per heavy atom. The summed E-state index contributed by atoms with van der Waals surface area (Å²) in [6.45, 7) is 6.93. The van der Waals surface area contributed by atoms with Crippen LogP contribution in [0, 0.1) is 11.7 Å². The molecule has 2 aromatic carbocycles. The lowest BCUT2D eigenvalue weighted by Crippen LogP contribution is -2.48. The summed E-state index contributed by atoms with van der Waals surface area (Å²) in [5.74, 6) is -0.275. The molecule has 1 aliphatic heterocycles. The van der Waals surface area contributed by atoms with Crippen molar-refractivity contribution in [1.29, 1.82) is 0 Å². The number of rotatable bonds is 10. The van der Waals surface area contributed by atoms with Gasteiger partial charge in [0, 0.05) is 58.1 Å². The van der Waals surface area contributed by atoms with Crippen molar-refractivity contribution in [2.45, 2.75) is 77.5 Å². The zero-order valence-corrected chi connectivity index (χ0v) is 25.4. The molecular formula is C33H48FN3O5. The van der Waals surface area contributed by atoms with Crippen molar-refractivity contribution in [3.63, 3.8) is 0 Å². The van der Waals surface area contributed by atoms with Crippen LogP contribution in [0.15, 0.2) is 42.5 Å². The molecule has 0 radical (unpaired) electrons. The first-order valence-corrected chi connectivity index (χ1v) is 15.3. The van der Waals surface area contributed by atoms with E-state index in [0.717, 1.165) is 18.4 Å². The fraction of sp³-hybridized carbons (Fsp3) is 0.576. The van der Waals surface area contributed by atoms with Gasteiger partial charge >= 0.3 is 0 Å². The molecule has 3 rings (SSSR count). The maximum atomic E-state index is 14.7. The highest BCUT2D eigenvalue weighted by atomic mass is 19.1. The standard InChI is InChI=1S/C33H48FN3O5/c1-4-13-37-14-12-26(22-41-3)23-42-29-17-27(16-28(34)19-29)18-30(36-32(39)10-7-11-33(37)40)31(38)21-35-20-25-9-6-8-24(5-2)15-25/h6,8-9,15-17,19,26,30-31,35,38H,4-5,7,10-14,18,20-23H2,1-3H3,(H,36,39). The van der Waals surface area contributed by atoms with E-state index in [2.05, 4.69) is 29.7 Å². The van der Waals surface area contributed by atoms with Crippen LogP contribution in [-0.4, -0.2) is 73.9 Å². The quantitative estimate of drug-likeness (QED) is 0.390. The van der Waals surface area contributed by atoms with E-state index in [-0.39, 0.29) is 43.5 Å². The van der Waals surface area contributed by atoms with Gasteiger partial charge in [0.2, 0.25) is 11.8 Å². The van der Waals surface area contributed by atoms with E-state index < -0.39 is 18.0 Å². The molecule has 0 aromatic heterocycles. The van der Waals surface area contributed by atoms with Crippen LogP contribution in [0.3, 0.4) is 0 Å². The van der Waals surface area contributed by atoms with Crippen molar-refractivity contribution in [3.05, 3.63) is 65.0 Å². The molecule has 1 heterocycles. The molecule has 3 unspecified atom stereocenters. The Kier molecular flexibility index (Phi) is 14.2. The van der Waals surface area contributed by atoms with Gasteiger partial charge in [-0.05, 0) is 60.9 Å². The molecule has 0 aliphatic carbocycles. The summed E-state index contributed by atoms with van der Waals surface area (Å²) in [7, 11) is 1.63. The minimum Gasteiger partial charge on any atom is -0.493 e. The molecule has 2 bridgehead atoms. The third-order valence-corrected chi connectivity index (χ3v) is 7.62. The Hall–Kier alpha value is -3.01. The normalized spacial score (nSPS) is 20.0. The number of aliphatic hydroxyl groups excluding tert-OH is 1. The van der Waals surface area contributed by atoms with Gasteiger partial charge in [0.25, 0.3) is 0 Å². The van der Waals surface area contributed by atoms with E-state index in [0.29, 0.717) is 57.0 Å². The minimum absolute atomic E-state index is 0.0199. The van der Waals surface area contributed by atoms with Crippen molar-refractivity contribution in [1.82, 2.24) is 15.5 Å². The average molecular weight is 586 g/mol. The van der Waals surface area contributed by atoms with Crippen molar-refractivity contribution in [2.24, 2.45) is 5.92 Å². The Morgan fingerprint density at radius 3 is 2.74 bits per heavy atom. The molecule has 2 aromatic rings. The van der Waals surface area contributed by atoms with Gasteiger partial charge in [-0.2, -0.15) is 0 Å². The molecule has 42 heavy (non-hydrogen) atoms. The van der Waals surface area contributed by atoms with E-state index in [1.54, 1.807) is 13.2 Å². The predicted molar refractivity (Wildman–Crippen MR) is 162 cm³/mol. The van der Waals surface area contributed by atoms with E-state index in [4.69, 9.17) is 9.47 Å². The fourth-order valence-corrected chi connectivity index (χ4v) is 5.30. The Morgan fingerprint density at radius 2 is 1.98 bits per heavy atom. The van der Waals surface area contributed by atoms with E-state index in [1.165, 1.54) is 17.7 Å². The van der Waals surface area contributed by atoms with Gasteiger partial charge in [0.05, 0.1) is 25.4 Å². The summed E-state index contributed by atoms with van der Waals surface area (Å²) in [5.41, 5.74) is 2.96. The molecule has 0 fully saturated rings. The van der Waals surface area contributed by atoms with Gasteiger partial charge in [0.15, 0.2) is 0 Å². The van der Waals surface area contributed by atoms with E-state index >= 15 is 0 Å². The molecule has 1 aliphatic rings. The molecule has 9 heteroatoms. The molecule has 232 valence electrons. The number of ether oxygens (including phenoxy) is 2. The van der Waals surface area contributed by atoms with Crippen molar-refractivity contribution in [3.8, 4) is 5.75 Å². The molecule has 0 saturated carbocycles. The number of carbonyl (C=O) groups excluding carboxylic acids is 2. The fourth-order valence-electron chi connectivity index (χ4n) is 5.30. The summed E-state index contributed by atoms with van der Waals surface area (Å²) in [6.07, 6.45) is 2.61. The number of carbonyl (C=O) groups is 2. The summed E-state index contributed by atoms with van der Waals surface area (Å²) in [5, 5.41) is 17.4. The topological polar surface area (TPSA) is 100 Å². The first-order valence-electron chi connectivity index (χ1n) is 15.3. The molecule has 0 saturated heterocycles. The average Bonchev–Trinajstić information content (AvgIpc) is 2.96. The van der Waals surface area contributed by atoms with Gasteiger partial charge in [-0.25, -0.2) is 4.39 Å². The molecule has 2 amide bonds. The predicted octanol–water partition coefficient (Wildman–Crippen LogP) is 4.02. The number of halogens is 1. The van der Waals surface area contributed by atoms with Crippen molar-refractivity contribution in [2.75, 3.05) is 40.0 Å². The summed E-state index contributed by atoms with van der Waals surface area (Å²) in [6, 6.07) is 12.1. The van der Waals surface area contributed by atoms with Gasteiger partial charge in [-0.1, -0.05) is 38.1 Å². The smallest absolute Gasteiger partial charge is 0.222 e. The number of aryl methyl sites for hydroxylation is 1. The first-order chi connectivity index (χ1) is 20.3. The summed E-state index contributed by atoms with van der Waals surface area (Å²) < 4.78 is 26.1. The lowest BCUT2D eigenvalue weighted by Gasteiger charge is -2.25. The molecule has 3 N–H and O–H groups in total. The number of benzene rings is 2. The van der Waals surface area contributed by atoms with E-state index in [1.807, 2.05) is 24.0 Å². The van der Waals surface area contributed by atoms with Crippen LogP contribution in [-0.2, 0) is 33.7 Å². The lowest BCUT2D eigenvalue weighted by atomic mass is 10.00. The zero-order chi connectivity index (χ0) is 30.3. The Labute approximate surface area is 250 Å². The van der Waals surface area contributed by atoms with Gasteiger partial charge in [-0.3, -0.25) is 9.59 Å². The molecule has 8 nitrogen and oxygen atoms in total. The summed E-state index contributed by atoms with van der Waals surface area (Å²) in [4.78, 5) is 27.8. The number of methoxy groups -OCH3 is 1. The first kappa shape index (κ1) is 33.5. The second-order valence-electron chi connectivity index (χ2n) is 11.2. The van der Waals surface area contributed by atoms with E-state index in [9.17, 15) is 19.1 Å². The number of fused-ring (bicyclic) bond motifs is 2. The maximum Gasteiger partial charge on any atom is 0.222 e. The van der Waals surface area contributed by atoms with Crippen molar-refractivity contribution < 1.29 is 28.6 Å². The number of aliphatic hydroxyl groups is 1. The summed E-state index contributed by atoms with van der Waals surface area (Å²) >= 11 is 0. The Bertz CT molecular complexity index is 1130. The highest BCUT2D eigenvalue weighted by Gasteiger charge is 2.24.